The van der Waals surface area contributed by atoms with Crippen LogP contribution in [-0.2, 0) is 0 Å². The molecule has 0 aromatic carbocycles. The first-order valence-corrected chi connectivity index (χ1v) is 3.22. The highest BCUT2D eigenvalue weighted by molar-refractivity contribution is 5.04. The van der Waals surface area contributed by atoms with E-state index in [9.17, 15) is 0 Å². The molecule has 2 nitrogen and oxygen atoms in total. The van der Waals surface area contributed by atoms with E-state index in [1.165, 1.54) is 0 Å². The summed E-state index contributed by atoms with van der Waals surface area (Å²) in [6, 6.07) is 0.502. The fourth-order valence-electron chi connectivity index (χ4n) is 0.991. The predicted molar refractivity (Wildman–Crippen MR) is 35.6 cm³/mol. The van der Waals surface area contributed by atoms with Gasteiger partial charge in [-0.2, -0.15) is 5.26 Å². The third-order valence-electron chi connectivity index (χ3n) is 1.74. The largest absolute Gasteiger partial charge is 0.303 e. The van der Waals surface area contributed by atoms with Gasteiger partial charge in [-0.3, -0.25) is 0 Å². The third-order valence-corrected chi connectivity index (χ3v) is 1.74. The quantitative estimate of drug-likeness (QED) is 0.358. The summed E-state index contributed by atoms with van der Waals surface area (Å²) in [6.07, 6.45) is 2.13. The maximum atomic E-state index is 8.42. The lowest BCUT2D eigenvalue weighted by atomic mass is 9.92. The van der Waals surface area contributed by atoms with Crippen LogP contribution in [0.1, 0.15) is 20.8 Å². The van der Waals surface area contributed by atoms with Gasteiger partial charge in [0.15, 0.2) is 6.19 Å². The SMILES string of the molecule is CC(C)(C)C1CN1C#N. The summed E-state index contributed by atoms with van der Waals surface area (Å²) < 4.78 is 0. The Labute approximate surface area is 56.1 Å². The van der Waals surface area contributed by atoms with Gasteiger partial charge in [0.2, 0.25) is 0 Å². The summed E-state index contributed by atoms with van der Waals surface area (Å²) in [6.45, 7) is 7.44. The van der Waals surface area contributed by atoms with Gasteiger partial charge in [-0.25, -0.2) is 0 Å². The van der Waals surface area contributed by atoms with E-state index >= 15 is 0 Å². The number of hydrogen-bond acceptors (Lipinski definition) is 2. The molecule has 1 heterocycles. The van der Waals surface area contributed by atoms with Crippen molar-refractivity contribution in [2.45, 2.75) is 26.8 Å². The van der Waals surface area contributed by atoms with Crippen LogP contribution in [0.25, 0.3) is 0 Å². The predicted octanol–water partition coefficient (Wildman–Crippen LogP) is 1.20. The summed E-state index contributed by atoms with van der Waals surface area (Å²) in [4.78, 5) is 1.81. The minimum Gasteiger partial charge on any atom is -0.303 e. The van der Waals surface area contributed by atoms with Crippen molar-refractivity contribution in [3.05, 3.63) is 0 Å². The Bertz CT molecular complexity index is 149. The standard InChI is InChI=1S/C7H12N2/c1-7(2,3)6-4-9(6)5-8/h6H,4H2,1-3H3. The fourth-order valence-corrected chi connectivity index (χ4v) is 0.991. The average molecular weight is 124 g/mol. The molecule has 0 spiro atoms. The van der Waals surface area contributed by atoms with Crippen molar-refractivity contribution in [3.8, 4) is 6.19 Å². The first-order chi connectivity index (χ1) is 4.05. The van der Waals surface area contributed by atoms with Crippen LogP contribution >= 0.6 is 0 Å². The van der Waals surface area contributed by atoms with E-state index in [2.05, 4.69) is 27.0 Å². The monoisotopic (exact) mass is 124 g/mol. The van der Waals surface area contributed by atoms with Crippen molar-refractivity contribution in [1.29, 1.82) is 5.26 Å². The smallest absolute Gasteiger partial charge is 0.179 e. The van der Waals surface area contributed by atoms with E-state index < -0.39 is 0 Å². The highest BCUT2D eigenvalue weighted by Gasteiger charge is 2.42. The van der Waals surface area contributed by atoms with Gasteiger partial charge in [-0.05, 0) is 5.41 Å². The van der Waals surface area contributed by atoms with Crippen LogP contribution in [0.3, 0.4) is 0 Å². The van der Waals surface area contributed by atoms with Gasteiger partial charge in [-0.1, -0.05) is 20.8 Å². The average Bonchev–Trinajstić information content (AvgIpc) is 2.39. The van der Waals surface area contributed by atoms with Crippen molar-refractivity contribution in [3.63, 3.8) is 0 Å². The van der Waals surface area contributed by atoms with Crippen molar-refractivity contribution < 1.29 is 0 Å². The molecule has 1 aliphatic rings. The first-order valence-electron chi connectivity index (χ1n) is 3.22. The van der Waals surface area contributed by atoms with Crippen molar-refractivity contribution in [2.24, 2.45) is 5.41 Å². The van der Waals surface area contributed by atoms with Gasteiger partial charge in [0.1, 0.15) is 0 Å². The van der Waals surface area contributed by atoms with Gasteiger partial charge in [-0.15, -0.1) is 0 Å². The summed E-state index contributed by atoms with van der Waals surface area (Å²) in [5.41, 5.74) is 0.287. The van der Waals surface area contributed by atoms with E-state index in [1.54, 1.807) is 4.90 Å². The van der Waals surface area contributed by atoms with Gasteiger partial charge in [0, 0.05) is 0 Å². The summed E-state index contributed by atoms with van der Waals surface area (Å²) in [5.74, 6) is 0. The normalized spacial score (nSPS) is 25.6. The van der Waals surface area contributed by atoms with Crippen molar-refractivity contribution in [1.82, 2.24) is 4.90 Å². The molecule has 0 amide bonds. The lowest BCUT2D eigenvalue weighted by Crippen LogP contribution is -2.16. The molecule has 9 heavy (non-hydrogen) atoms. The van der Waals surface area contributed by atoms with Crippen LogP contribution < -0.4 is 0 Å². The van der Waals surface area contributed by atoms with Crippen LogP contribution in [0, 0.1) is 16.9 Å². The summed E-state index contributed by atoms with van der Waals surface area (Å²) in [5, 5.41) is 8.42. The molecule has 0 saturated carbocycles. The maximum absolute atomic E-state index is 8.42. The minimum absolute atomic E-state index is 0.287. The van der Waals surface area contributed by atoms with E-state index in [4.69, 9.17) is 5.26 Å². The molecule has 1 unspecified atom stereocenters. The maximum Gasteiger partial charge on any atom is 0.179 e. The third kappa shape index (κ3) is 1.16. The van der Waals surface area contributed by atoms with Gasteiger partial charge in [0.25, 0.3) is 0 Å². The van der Waals surface area contributed by atoms with Crippen LogP contribution in [0.15, 0.2) is 0 Å². The second-order valence-electron chi connectivity index (χ2n) is 3.63. The molecule has 2 heteroatoms. The van der Waals surface area contributed by atoms with E-state index in [-0.39, 0.29) is 5.41 Å². The molecule has 1 atom stereocenters. The number of nitrogens with zero attached hydrogens (tertiary/aromatic N) is 2. The Morgan fingerprint density at radius 2 is 2.11 bits per heavy atom. The molecule has 1 saturated heterocycles. The molecule has 0 radical (unpaired) electrons. The molecule has 0 bridgehead atoms. The molecule has 0 aliphatic carbocycles. The molecular weight excluding hydrogens is 112 g/mol. The number of nitriles is 1. The zero-order chi connectivity index (χ0) is 7.07. The molecule has 50 valence electrons. The first kappa shape index (κ1) is 6.41. The number of rotatable bonds is 0. The Balaban J connectivity index is 2.45. The highest BCUT2D eigenvalue weighted by Crippen LogP contribution is 2.33. The van der Waals surface area contributed by atoms with Crippen LogP contribution in [-0.4, -0.2) is 17.5 Å². The molecule has 0 aromatic heterocycles. The van der Waals surface area contributed by atoms with Gasteiger partial charge >= 0.3 is 0 Å². The zero-order valence-corrected chi connectivity index (χ0v) is 6.18. The summed E-state index contributed by atoms with van der Waals surface area (Å²) in [7, 11) is 0. The van der Waals surface area contributed by atoms with Crippen LogP contribution in [0.4, 0.5) is 0 Å². The van der Waals surface area contributed by atoms with E-state index in [0.29, 0.717) is 6.04 Å². The van der Waals surface area contributed by atoms with E-state index in [1.807, 2.05) is 0 Å². The number of hydrogen-bond donors (Lipinski definition) is 0. The highest BCUT2D eigenvalue weighted by atomic mass is 15.3. The Morgan fingerprint density at radius 3 is 2.22 bits per heavy atom. The van der Waals surface area contributed by atoms with Crippen LogP contribution in [0.2, 0.25) is 0 Å². The van der Waals surface area contributed by atoms with E-state index in [0.717, 1.165) is 6.54 Å². The van der Waals surface area contributed by atoms with Crippen molar-refractivity contribution >= 4 is 0 Å². The molecule has 0 N–H and O–H groups in total. The molecule has 1 aliphatic heterocycles. The Hall–Kier alpha value is -0.710. The Kier molecular flexibility index (Phi) is 1.16. The van der Waals surface area contributed by atoms with Gasteiger partial charge < -0.3 is 4.90 Å². The molecule has 0 aromatic rings. The zero-order valence-electron chi connectivity index (χ0n) is 6.18. The molecular formula is C7H12N2. The second kappa shape index (κ2) is 1.63. The molecule has 1 fully saturated rings. The topological polar surface area (TPSA) is 26.8 Å². The van der Waals surface area contributed by atoms with Crippen molar-refractivity contribution in [2.75, 3.05) is 6.54 Å². The lowest BCUT2D eigenvalue weighted by molar-refractivity contribution is 0.365. The molecule has 1 rings (SSSR count). The Morgan fingerprint density at radius 1 is 1.56 bits per heavy atom. The van der Waals surface area contributed by atoms with Gasteiger partial charge in [0.05, 0.1) is 12.6 Å². The minimum atomic E-state index is 0.287. The fraction of sp³-hybridized carbons (Fsp3) is 0.857. The lowest BCUT2D eigenvalue weighted by Gasteiger charge is -2.15. The second-order valence-corrected chi connectivity index (χ2v) is 3.63. The van der Waals surface area contributed by atoms with Crippen LogP contribution in [0.5, 0.6) is 0 Å². The summed E-state index contributed by atoms with van der Waals surface area (Å²) >= 11 is 0.